The summed E-state index contributed by atoms with van der Waals surface area (Å²) >= 11 is -0.0902. The van der Waals surface area contributed by atoms with Crippen LogP contribution < -0.4 is 10.9 Å². The zero-order chi connectivity index (χ0) is 18.9. The van der Waals surface area contributed by atoms with Crippen LogP contribution in [0.5, 0.6) is 0 Å². The number of halogens is 7. The number of nitrogens with one attached hydrogen (secondary N) is 1. The number of aromatic nitrogens is 1. The number of nitrogens with zero attached hydrogens (tertiary/aromatic N) is 1. The van der Waals surface area contributed by atoms with Crippen LogP contribution in [-0.4, -0.2) is 16.9 Å². The van der Waals surface area contributed by atoms with Gasteiger partial charge in [-0.3, -0.25) is 9.59 Å². The predicted octanol–water partition coefficient (Wildman–Crippen LogP) is 3.72. The molecule has 0 aliphatic rings. The van der Waals surface area contributed by atoms with E-state index in [0.29, 0.717) is 16.8 Å². The minimum Gasteiger partial charge on any atom is -0.320 e. The predicted molar refractivity (Wildman–Crippen MR) is 73.9 cm³/mol. The van der Waals surface area contributed by atoms with Gasteiger partial charge in [0.15, 0.2) is 10.9 Å². The zero-order valence-corrected chi connectivity index (χ0v) is 12.7. The van der Waals surface area contributed by atoms with Crippen molar-refractivity contribution in [1.29, 1.82) is 0 Å². The summed E-state index contributed by atoms with van der Waals surface area (Å²) in [5.41, 5.74) is -3.46. The average Bonchev–Trinajstić information content (AvgIpc) is 2.86. The summed E-state index contributed by atoms with van der Waals surface area (Å²) in [7, 11) is 0. The maximum Gasteiger partial charge on any atom is 0.420 e. The van der Waals surface area contributed by atoms with E-state index in [9.17, 15) is 40.3 Å². The summed E-state index contributed by atoms with van der Waals surface area (Å²) in [4.78, 5) is 22.5. The van der Waals surface area contributed by atoms with E-state index >= 15 is 0 Å². The van der Waals surface area contributed by atoms with Crippen LogP contribution in [0.1, 0.15) is 15.2 Å². The molecule has 12 heteroatoms. The number of pyridine rings is 1. The third-order valence-electron chi connectivity index (χ3n) is 2.85. The van der Waals surface area contributed by atoms with Crippen molar-refractivity contribution < 1.29 is 35.5 Å². The van der Waals surface area contributed by atoms with E-state index < -0.39 is 57.7 Å². The molecular weight excluding hydrogens is 381 g/mol. The topological polar surface area (TPSA) is 51.1 Å². The maximum absolute atomic E-state index is 13.4. The summed E-state index contributed by atoms with van der Waals surface area (Å²) < 4.78 is 89.2. The molecule has 4 nitrogen and oxygen atoms in total. The van der Waals surface area contributed by atoms with E-state index in [4.69, 9.17) is 0 Å². The smallest absolute Gasteiger partial charge is 0.320 e. The van der Waals surface area contributed by atoms with Crippen molar-refractivity contribution in [2.24, 2.45) is 0 Å². The van der Waals surface area contributed by atoms with E-state index in [2.05, 4.69) is 0 Å². The molecule has 0 aliphatic carbocycles. The van der Waals surface area contributed by atoms with Crippen LogP contribution >= 0.6 is 11.3 Å². The Kier molecular flexibility index (Phi) is 5.20. The molecule has 0 spiro atoms. The second-order valence-corrected chi connectivity index (χ2v) is 5.68. The summed E-state index contributed by atoms with van der Waals surface area (Å²) in [5.74, 6) is -2.67. The highest BCUT2D eigenvalue weighted by Crippen LogP contribution is 2.35. The van der Waals surface area contributed by atoms with E-state index in [0.717, 1.165) is 0 Å². The normalized spacial score (nSPS) is 11.8. The van der Waals surface area contributed by atoms with Gasteiger partial charge in [-0.05, 0) is 6.07 Å². The summed E-state index contributed by atoms with van der Waals surface area (Å²) in [5, 5.41) is 0.292. The Bertz CT molecular complexity index is 857. The molecule has 0 bridgehead atoms. The van der Waals surface area contributed by atoms with Gasteiger partial charge in [0, 0.05) is 12.3 Å². The third-order valence-corrected chi connectivity index (χ3v) is 3.77. The highest BCUT2D eigenvalue weighted by molar-refractivity contribution is 7.12. The van der Waals surface area contributed by atoms with Crippen molar-refractivity contribution in [2.45, 2.75) is 19.1 Å². The Balaban J connectivity index is 2.29. The second kappa shape index (κ2) is 6.86. The number of alkyl halides is 5. The van der Waals surface area contributed by atoms with E-state index in [1.54, 1.807) is 0 Å². The lowest BCUT2D eigenvalue weighted by atomic mass is 10.3. The van der Waals surface area contributed by atoms with Crippen LogP contribution in [0.25, 0.3) is 0 Å². The Morgan fingerprint density at radius 3 is 2.40 bits per heavy atom. The Labute approximate surface area is 138 Å². The molecule has 0 radical (unpaired) electrons. The van der Waals surface area contributed by atoms with Crippen molar-refractivity contribution in [3.05, 3.63) is 50.1 Å². The molecule has 2 rings (SSSR count). The molecule has 0 fully saturated rings. The fourth-order valence-corrected chi connectivity index (χ4v) is 2.62. The number of anilines is 1. The molecule has 2 heterocycles. The molecule has 0 aromatic carbocycles. The maximum atomic E-state index is 13.4. The molecule has 1 N–H and O–H groups in total. The number of carbonyl (C=O) groups excluding carboxylic acids is 1. The standard InChI is InChI=1S/C13H7F7N2O2S/c14-7-1-5(3-22(12(7)24)4-9(15)16)21-11(23)8-2-6(10(17)25-8)13(18,19)20/h1-3,9H,4H2,(H,21,23). The first kappa shape index (κ1) is 19.0. The molecule has 0 aliphatic heterocycles. The van der Waals surface area contributed by atoms with Crippen LogP contribution in [0, 0.1) is 10.9 Å². The fraction of sp³-hybridized carbons (Fsp3) is 0.231. The highest BCUT2D eigenvalue weighted by Gasteiger charge is 2.36. The SMILES string of the molecule is O=C(Nc1cc(F)c(=O)n(CC(F)F)c1)c1cc(C(F)(F)F)c(F)s1. The summed E-state index contributed by atoms with van der Waals surface area (Å²) in [6.45, 7) is -1.15. The molecule has 0 unspecified atom stereocenters. The van der Waals surface area contributed by atoms with Crippen LogP contribution in [0.4, 0.5) is 36.4 Å². The van der Waals surface area contributed by atoms with Crippen LogP contribution in [0.15, 0.2) is 23.1 Å². The van der Waals surface area contributed by atoms with E-state index in [1.165, 1.54) is 0 Å². The Hall–Kier alpha value is -2.37. The number of rotatable bonds is 4. The summed E-state index contributed by atoms with van der Waals surface area (Å²) in [6, 6.07) is 0.776. The van der Waals surface area contributed by atoms with Crippen molar-refractivity contribution in [2.75, 3.05) is 5.32 Å². The molecule has 1 amide bonds. The molecular formula is C13H7F7N2O2S. The van der Waals surface area contributed by atoms with Gasteiger partial charge >= 0.3 is 6.18 Å². The molecule has 136 valence electrons. The van der Waals surface area contributed by atoms with Gasteiger partial charge in [-0.15, -0.1) is 11.3 Å². The fourth-order valence-electron chi connectivity index (χ4n) is 1.82. The van der Waals surface area contributed by atoms with Gasteiger partial charge in [0.1, 0.15) is 5.56 Å². The second-order valence-electron chi connectivity index (χ2n) is 4.68. The van der Waals surface area contributed by atoms with Gasteiger partial charge in [-0.1, -0.05) is 0 Å². The van der Waals surface area contributed by atoms with Crippen molar-refractivity contribution in [1.82, 2.24) is 4.57 Å². The molecule has 2 aromatic rings. The third kappa shape index (κ3) is 4.38. The highest BCUT2D eigenvalue weighted by atomic mass is 32.1. The first-order valence-corrected chi connectivity index (χ1v) is 7.16. The molecule has 0 saturated carbocycles. The molecule has 0 saturated heterocycles. The van der Waals surface area contributed by atoms with Crippen molar-refractivity contribution >= 4 is 22.9 Å². The first-order valence-electron chi connectivity index (χ1n) is 6.35. The van der Waals surface area contributed by atoms with E-state index in [1.807, 2.05) is 5.32 Å². The first-order chi connectivity index (χ1) is 11.5. The number of thiophene rings is 1. The van der Waals surface area contributed by atoms with Crippen molar-refractivity contribution in [3.8, 4) is 0 Å². The minimum absolute atomic E-state index is 0.0902. The number of hydrogen-bond acceptors (Lipinski definition) is 3. The van der Waals surface area contributed by atoms with Crippen LogP contribution in [0.3, 0.4) is 0 Å². The molecule has 25 heavy (non-hydrogen) atoms. The van der Waals surface area contributed by atoms with Gasteiger partial charge in [-0.2, -0.15) is 17.6 Å². The Morgan fingerprint density at radius 1 is 1.24 bits per heavy atom. The van der Waals surface area contributed by atoms with Gasteiger partial charge < -0.3 is 9.88 Å². The van der Waals surface area contributed by atoms with Gasteiger partial charge in [0.05, 0.1) is 17.1 Å². The monoisotopic (exact) mass is 388 g/mol. The van der Waals surface area contributed by atoms with Crippen LogP contribution in [-0.2, 0) is 12.7 Å². The summed E-state index contributed by atoms with van der Waals surface area (Å²) in [6.07, 6.45) is -7.29. The quantitative estimate of drug-likeness (QED) is 0.812. The zero-order valence-electron chi connectivity index (χ0n) is 11.8. The number of carbonyl (C=O) groups is 1. The lowest BCUT2D eigenvalue weighted by molar-refractivity contribution is -0.139. The number of hydrogen-bond donors (Lipinski definition) is 1. The van der Waals surface area contributed by atoms with Gasteiger partial charge in [-0.25, -0.2) is 13.2 Å². The largest absolute Gasteiger partial charge is 0.420 e. The molecule has 0 atom stereocenters. The van der Waals surface area contributed by atoms with E-state index in [-0.39, 0.29) is 17.4 Å². The lowest BCUT2D eigenvalue weighted by Gasteiger charge is -2.09. The lowest BCUT2D eigenvalue weighted by Crippen LogP contribution is -2.26. The van der Waals surface area contributed by atoms with Gasteiger partial charge in [0.25, 0.3) is 17.9 Å². The molecule has 2 aromatic heterocycles. The van der Waals surface area contributed by atoms with Gasteiger partial charge in [0.2, 0.25) is 0 Å². The average molecular weight is 388 g/mol. The minimum atomic E-state index is -5.00. The Morgan fingerprint density at radius 2 is 1.88 bits per heavy atom. The van der Waals surface area contributed by atoms with Crippen molar-refractivity contribution in [3.63, 3.8) is 0 Å². The van der Waals surface area contributed by atoms with Crippen LogP contribution in [0.2, 0.25) is 0 Å². The number of amides is 1.